The molecule has 0 bridgehead atoms. The highest BCUT2D eigenvalue weighted by Gasteiger charge is 2.37. The van der Waals surface area contributed by atoms with Gasteiger partial charge < -0.3 is 9.47 Å². The van der Waals surface area contributed by atoms with Crippen molar-refractivity contribution in [1.29, 1.82) is 0 Å². The molecule has 2 aromatic carbocycles. The van der Waals surface area contributed by atoms with Crippen molar-refractivity contribution < 1.29 is 31.5 Å². The van der Waals surface area contributed by atoms with Gasteiger partial charge in [-0.2, -0.15) is 0 Å². The number of carbonyl (C=O) groups excluding carboxylic acids is 1. The second kappa shape index (κ2) is 9.44. The van der Waals surface area contributed by atoms with Crippen molar-refractivity contribution in [2.24, 2.45) is 0 Å². The number of ether oxygens (including phenoxy) is 2. The summed E-state index contributed by atoms with van der Waals surface area (Å²) in [6.45, 7) is 2.24. The molecular formula is C22H20F2N2O5S2. The molecule has 1 aliphatic rings. The Morgan fingerprint density at radius 2 is 1.94 bits per heavy atom. The zero-order valence-electron chi connectivity index (χ0n) is 17.5. The zero-order chi connectivity index (χ0) is 23.6. The van der Waals surface area contributed by atoms with Crippen molar-refractivity contribution in [3.63, 3.8) is 0 Å². The number of sulfone groups is 1. The molecule has 1 amide bonds. The second-order valence-electron chi connectivity index (χ2n) is 7.29. The highest BCUT2D eigenvalue weighted by Crippen LogP contribution is 2.35. The van der Waals surface area contributed by atoms with Crippen molar-refractivity contribution in [3.8, 4) is 10.8 Å². The average molecular weight is 495 g/mol. The van der Waals surface area contributed by atoms with E-state index in [2.05, 4.69) is 10.3 Å². The van der Waals surface area contributed by atoms with E-state index in [4.69, 9.17) is 9.47 Å². The van der Waals surface area contributed by atoms with E-state index in [0.29, 0.717) is 30.6 Å². The van der Waals surface area contributed by atoms with E-state index in [1.165, 1.54) is 30.5 Å². The maximum atomic E-state index is 14.2. The Balaban J connectivity index is 1.62. The van der Waals surface area contributed by atoms with Gasteiger partial charge in [0.05, 0.1) is 22.9 Å². The van der Waals surface area contributed by atoms with Crippen LogP contribution in [0.3, 0.4) is 0 Å². The molecule has 0 saturated heterocycles. The first-order chi connectivity index (χ1) is 15.8. The number of benzene rings is 2. The van der Waals surface area contributed by atoms with Gasteiger partial charge in [-0.05, 0) is 44.0 Å². The fourth-order valence-electron chi connectivity index (χ4n) is 3.07. The Morgan fingerprint density at radius 1 is 1.21 bits per heavy atom. The molecule has 7 nitrogen and oxygen atoms in total. The van der Waals surface area contributed by atoms with Gasteiger partial charge in [0.1, 0.15) is 5.82 Å². The first kappa shape index (κ1) is 23.1. The standard InChI is InChI=1S/C22H20F2N2O5S2/c1-2-30-19-12-25-22(32-19)26-21(27)20(31-18-10-5-14(23)11-17(18)24)13-3-6-15(7-4-13)33(28,29)16-8-9-16/h3-7,10-12,16,20H,2,8-9H2,1H3,(H,25,26,27). The SMILES string of the molecule is CCOc1cnc(NC(=O)C(Oc2ccc(F)cc2F)c2ccc(S(=O)(=O)C3CC3)cc2)s1. The quantitative estimate of drug-likeness (QED) is 0.470. The Labute approximate surface area is 193 Å². The van der Waals surface area contributed by atoms with Gasteiger partial charge in [-0.15, -0.1) is 0 Å². The average Bonchev–Trinajstić information content (AvgIpc) is 3.56. The van der Waals surface area contributed by atoms with Crippen LogP contribution < -0.4 is 14.8 Å². The van der Waals surface area contributed by atoms with E-state index < -0.39 is 33.5 Å². The molecule has 0 aliphatic heterocycles. The van der Waals surface area contributed by atoms with Crippen LogP contribution in [-0.2, 0) is 14.6 Å². The molecule has 3 aromatic rings. The summed E-state index contributed by atoms with van der Waals surface area (Å²) in [6, 6.07) is 8.39. The van der Waals surface area contributed by atoms with E-state index in [-0.39, 0.29) is 26.6 Å². The molecule has 174 valence electrons. The summed E-state index contributed by atoms with van der Waals surface area (Å²) in [5.74, 6) is -2.77. The van der Waals surface area contributed by atoms with Gasteiger partial charge >= 0.3 is 0 Å². The molecule has 11 heteroatoms. The smallest absolute Gasteiger partial charge is 0.271 e. The highest BCUT2D eigenvalue weighted by atomic mass is 32.2. The minimum atomic E-state index is -3.42. The van der Waals surface area contributed by atoms with Gasteiger partial charge in [0, 0.05) is 11.6 Å². The monoisotopic (exact) mass is 494 g/mol. The van der Waals surface area contributed by atoms with Gasteiger partial charge in [-0.1, -0.05) is 23.5 Å². The van der Waals surface area contributed by atoms with Crippen molar-refractivity contribution in [1.82, 2.24) is 4.98 Å². The third kappa shape index (κ3) is 5.31. The molecule has 1 heterocycles. The lowest BCUT2D eigenvalue weighted by atomic mass is 10.1. The van der Waals surface area contributed by atoms with Gasteiger partial charge in [0.15, 0.2) is 31.6 Å². The minimum absolute atomic E-state index is 0.141. The number of amides is 1. The molecule has 33 heavy (non-hydrogen) atoms. The lowest BCUT2D eigenvalue weighted by molar-refractivity contribution is -0.123. The third-order valence-corrected chi connectivity index (χ3v) is 7.96. The summed E-state index contributed by atoms with van der Waals surface area (Å²) in [6.07, 6.45) is 1.35. The first-order valence-corrected chi connectivity index (χ1v) is 12.5. The number of anilines is 1. The number of nitrogens with one attached hydrogen (secondary N) is 1. The predicted octanol–water partition coefficient (Wildman–Crippen LogP) is 4.51. The van der Waals surface area contributed by atoms with Crippen molar-refractivity contribution in [3.05, 3.63) is 65.9 Å². The Morgan fingerprint density at radius 3 is 2.58 bits per heavy atom. The summed E-state index contributed by atoms with van der Waals surface area (Å²) in [7, 11) is -3.42. The maximum absolute atomic E-state index is 14.2. The highest BCUT2D eigenvalue weighted by molar-refractivity contribution is 7.92. The summed E-state index contributed by atoms with van der Waals surface area (Å²) in [4.78, 5) is 17.2. The van der Waals surface area contributed by atoms with Gasteiger partial charge in [0.2, 0.25) is 6.10 Å². The molecule has 1 saturated carbocycles. The number of hydrogen-bond donors (Lipinski definition) is 1. The fraction of sp³-hybridized carbons (Fsp3) is 0.273. The second-order valence-corrected chi connectivity index (χ2v) is 10.5. The van der Waals surface area contributed by atoms with Gasteiger partial charge in [0.25, 0.3) is 5.91 Å². The van der Waals surface area contributed by atoms with Gasteiger partial charge in [-0.3, -0.25) is 10.1 Å². The molecule has 1 fully saturated rings. The van der Waals surface area contributed by atoms with E-state index in [9.17, 15) is 22.0 Å². The number of hydrogen-bond acceptors (Lipinski definition) is 7. The van der Waals surface area contributed by atoms with E-state index >= 15 is 0 Å². The number of rotatable bonds is 9. The van der Waals surface area contributed by atoms with Crippen LogP contribution in [-0.4, -0.2) is 31.2 Å². The van der Waals surface area contributed by atoms with Crippen molar-refractivity contribution >= 4 is 32.2 Å². The topological polar surface area (TPSA) is 94.6 Å². The number of aromatic nitrogens is 1. The first-order valence-electron chi connectivity index (χ1n) is 10.1. The summed E-state index contributed by atoms with van der Waals surface area (Å²) in [5, 5.41) is 2.96. The fourth-order valence-corrected chi connectivity index (χ4v) is 5.46. The zero-order valence-corrected chi connectivity index (χ0v) is 19.1. The molecular weight excluding hydrogens is 474 g/mol. The van der Waals surface area contributed by atoms with E-state index in [1.807, 2.05) is 6.92 Å². The largest absolute Gasteiger partial charge is 0.483 e. The molecule has 0 radical (unpaired) electrons. The van der Waals surface area contributed by atoms with Crippen LogP contribution in [0.25, 0.3) is 0 Å². The summed E-state index contributed by atoms with van der Waals surface area (Å²) < 4.78 is 63.4. The number of thiazole rings is 1. The van der Waals surface area contributed by atoms with Crippen LogP contribution in [0.5, 0.6) is 10.8 Å². The van der Waals surface area contributed by atoms with Crippen LogP contribution in [0, 0.1) is 11.6 Å². The predicted molar refractivity (Wildman–Crippen MR) is 118 cm³/mol. The molecule has 1 unspecified atom stereocenters. The van der Waals surface area contributed by atoms with E-state index in [1.54, 1.807) is 0 Å². The van der Waals surface area contributed by atoms with Gasteiger partial charge in [-0.25, -0.2) is 22.2 Å². The maximum Gasteiger partial charge on any atom is 0.271 e. The van der Waals surface area contributed by atoms with Crippen LogP contribution in [0.1, 0.15) is 31.4 Å². The Kier molecular flexibility index (Phi) is 6.61. The van der Waals surface area contributed by atoms with Crippen LogP contribution in [0.2, 0.25) is 0 Å². The lowest BCUT2D eigenvalue weighted by Gasteiger charge is -2.19. The molecule has 1 aromatic heterocycles. The van der Waals surface area contributed by atoms with Crippen molar-refractivity contribution in [2.45, 2.75) is 36.0 Å². The number of carbonyl (C=O) groups is 1. The summed E-state index contributed by atoms with van der Waals surface area (Å²) >= 11 is 1.10. The summed E-state index contributed by atoms with van der Waals surface area (Å²) in [5.41, 5.74) is 0.285. The lowest BCUT2D eigenvalue weighted by Crippen LogP contribution is -2.26. The molecule has 0 spiro atoms. The Hall–Kier alpha value is -3.05. The Bertz CT molecular complexity index is 1260. The molecule has 1 atom stereocenters. The minimum Gasteiger partial charge on any atom is -0.483 e. The van der Waals surface area contributed by atoms with E-state index in [0.717, 1.165) is 23.5 Å². The molecule has 4 rings (SSSR count). The van der Waals surface area contributed by atoms with Crippen LogP contribution >= 0.6 is 11.3 Å². The normalized spacial score (nSPS) is 14.5. The molecule has 1 aliphatic carbocycles. The van der Waals surface area contributed by atoms with Crippen LogP contribution in [0.15, 0.2) is 53.6 Å². The number of nitrogens with zero attached hydrogens (tertiary/aromatic N) is 1. The molecule has 1 N–H and O–H groups in total. The third-order valence-electron chi connectivity index (χ3n) is 4.85. The number of halogens is 2. The van der Waals surface area contributed by atoms with Crippen molar-refractivity contribution in [2.75, 3.05) is 11.9 Å². The van der Waals surface area contributed by atoms with Crippen LogP contribution in [0.4, 0.5) is 13.9 Å².